The minimum absolute atomic E-state index is 0.0698. The maximum atomic E-state index is 11.8. The van der Waals surface area contributed by atoms with Gasteiger partial charge in [0.05, 0.1) is 12.6 Å². The summed E-state index contributed by atoms with van der Waals surface area (Å²) >= 11 is 6.12. The van der Waals surface area contributed by atoms with Gasteiger partial charge >= 0.3 is 0 Å². The van der Waals surface area contributed by atoms with Gasteiger partial charge in [0, 0.05) is 58.0 Å². The molecule has 2 aromatic rings. The number of nitrogens with one attached hydrogen (secondary N) is 1. The summed E-state index contributed by atoms with van der Waals surface area (Å²) in [5.74, 6) is -0.0698. The maximum absolute atomic E-state index is 11.8. The fourth-order valence-corrected chi connectivity index (χ4v) is 4.12. The van der Waals surface area contributed by atoms with Gasteiger partial charge < -0.3 is 14.8 Å². The minimum Gasteiger partial charge on any atom is -0.385 e. The van der Waals surface area contributed by atoms with Crippen molar-refractivity contribution in [3.63, 3.8) is 0 Å². The molecule has 1 heterocycles. The van der Waals surface area contributed by atoms with Gasteiger partial charge in [-0.25, -0.2) is 0 Å². The van der Waals surface area contributed by atoms with Crippen LogP contribution in [0.1, 0.15) is 23.6 Å². The van der Waals surface area contributed by atoms with Crippen molar-refractivity contribution in [3.05, 3.63) is 70.7 Å². The second kappa shape index (κ2) is 13.6. The molecule has 7 heteroatoms. The number of hydrogen-bond donors (Lipinski definition) is 1. The number of carbonyl (C=O) groups is 1. The van der Waals surface area contributed by atoms with Crippen molar-refractivity contribution in [2.75, 3.05) is 66.2 Å². The van der Waals surface area contributed by atoms with Crippen molar-refractivity contribution in [1.29, 1.82) is 0 Å². The van der Waals surface area contributed by atoms with Crippen LogP contribution in [0.5, 0.6) is 0 Å². The number of rotatable bonds is 12. The molecule has 2 aromatic carbocycles. The summed E-state index contributed by atoms with van der Waals surface area (Å²) in [6.45, 7) is 6.67. The van der Waals surface area contributed by atoms with Crippen LogP contribution in [-0.2, 0) is 14.3 Å². The van der Waals surface area contributed by atoms with Crippen LogP contribution in [0.2, 0.25) is 5.02 Å². The lowest BCUT2D eigenvalue weighted by Crippen LogP contribution is -2.48. The zero-order valence-corrected chi connectivity index (χ0v) is 19.6. The molecule has 1 aliphatic rings. The Morgan fingerprint density at radius 3 is 2.38 bits per heavy atom. The van der Waals surface area contributed by atoms with Crippen LogP contribution in [0.3, 0.4) is 0 Å². The summed E-state index contributed by atoms with van der Waals surface area (Å²) < 4.78 is 10.5. The Bertz CT molecular complexity index is 796. The van der Waals surface area contributed by atoms with Crippen molar-refractivity contribution in [2.24, 2.45) is 0 Å². The van der Waals surface area contributed by atoms with Crippen molar-refractivity contribution in [3.8, 4) is 0 Å². The zero-order valence-electron chi connectivity index (χ0n) is 18.8. The summed E-state index contributed by atoms with van der Waals surface area (Å²) in [5.41, 5.74) is 2.55. The van der Waals surface area contributed by atoms with Crippen LogP contribution in [0, 0.1) is 0 Å². The molecule has 6 nitrogen and oxygen atoms in total. The molecule has 32 heavy (non-hydrogen) atoms. The number of benzene rings is 2. The highest BCUT2D eigenvalue weighted by Gasteiger charge is 2.26. The van der Waals surface area contributed by atoms with Gasteiger partial charge in [0.25, 0.3) is 0 Å². The molecule has 0 saturated carbocycles. The van der Waals surface area contributed by atoms with Gasteiger partial charge in [0.15, 0.2) is 0 Å². The first-order valence-corrected chi connectivity index (χ1v) is 11.7. The van der Waals surface area contributed by atoms with Gasteiger partial charge in [-0.1, -0.05) is 54.1 Å². The Morgan fingerprint density at radius 1 is 1.00 bits per heavy atom. The molecule has 1 unspecified atom stereocenters. The predicted molar refractivity (Wildman–Crippen MR) is 128 cm³/mol. The van der Waals surface area contributed by atoms with Crippen LogP contribution in [0.25, 0.3) is 0 Å². The normalized spacial score (nSPS) is 16.1. The van der Waals surface area contributed by atoms with E-state index < -0.39 is 0 Å². The highest BCUT2D eigenvalue weighted by Crippen LogP contribution is 2.30. The molecule has 1 amide bonds. The zero-order chi connectivity index (χ0) is 22.6. The first-order valence-electron chi connectivity index (χ1n) is 11.3. The number of methoxy groups -OCH3 is 1. The van der Waals surface area contributed by atoms with E-state index in [0.29, 0.717) is 19.8 Å². The minimum atomic E-state index is -0.0698. The number of piperazine rings is 1. The first-order chi connectivity index (χ1) is 15.7. The third-order valence-corrected chi connectivity index (χ3v) is 5.96. The molecule has 0 aliphatic carbocycles. The van der Waals surface area contributed by atoms with E-state index >= 15 is 0 Å². The molecular formula is C25H34ClN3O3. The standard InChI is InChI=1S/C25H34ClN3O3/c1-31-18-5-12-27-24(30)20-32-19-17-28-13-15-29(16-14-28)25(21-6-3-2-4-7-21)22-8-10-23(26)11-9-22/h2-4,6-11,25H,5,12-20H2,1H3,(H,27,30). The second-order valence-corrected chi connectivity index (χ2v) is 8.43. The van der Waals surface area contributed by atoms with Crippen molar-refractivity contribution >= 4 is 17.5 Å². The molecule has 0 aromatic heterocycles. The third kappa shape index (κ3) is 7.87. The monoisotopic (exact) mass is 459 g/mol. The Hall–Kier alpha value is -1.96. The highest BCUT2D eigenvalue weighted by atomic mass is 35.5. The molecule has 1 aliphatic heterocycles. The topological polar surface area (TPSA) is 54.0 Å². The lowest BCUT2D eigenvalue weighted by molar-refractivity contribution is -0.125. The first kappa shape index (κ1) is 24.7. The van der Waals surface area contributed by atoms with Gasteiger partial charge in [-0.05, 0) is 29.7 Å². The van der Waals surface area contributed by atoms with Crippen LogP contribution in [-0.4, -0.2) is 81.9 Å². The second-order valence-electron chi connectivity index (χ2n) is 7.99. The van der Waals surface area contributed by atoms with E-state index in [2.05, 4.69) is 57.6 Å². The molecular weight excluding hydrogens is 426 g/mol. The third-order valence-electron chi connectivity index (χ3n) is 5.71. The summed E-state index contributed by atoms with van der Waals surface area (Å²) in [5, 5.41) is 3.59. The van der Waals surface area contributed by atoms with Crippen LogP contribution >= 0.6 is 11.6 Å². The van der Waals surface area contributed by atoms with E-state index in [1.165, 1.54) is 11.1 Å². The Kier molecular flexibility index (Phi) is 10.5. The van der Waals surface area contributed by atoms with E-state index in [0.717, 1.165) is 44.2 Å². The number of carbonyl (C=O) groups excluding carboxylic acids is 1. The average molecular weight is 460 g/mol. The van der Waals surface area contributed by atoms with Crippen molar-refractivity contribution < 1.29 is 14.3 Å². The van der Waals surface area contributed by atoms with Gasteiger partial charge in [0.2, 0.25) is 5.91 Å². The molecule has 1 saturated heterocycles. The highest BCUT2D eigenvalue weighted by molar-refractivity contribution is 6.30. The summed E-state index contributed by atoms with van der Waals surface area (Å²) in [7, 11) is 1.66. The molecule has 0 bridgehead atoms. The van der Waals surface area contributed by atoms with Crippen molar-refractivity contribution in [1.82, 2.24) is 15.1 Å². The van der Waals surface area contributed by atoms with Crippen LogP contribution in [0.15, 0.2) is 54.6 Å². The number of nitrogens with zero attached hydrogens (tertiary/aromatic N) is 2. The quantitative estimate of drug-likeness (QED) is 0.494. The summed E-state index contributed by atoms with van der Waals surface area (Å²) in [4.78, 5) is 16.7. The maximum Gasteiger partial charge on any atom is 0.245 e. The van der Waals surface area contributed by atoms with Gasteiger partial charge in [0.1, 0.15) is 6.61 Å². The van der Waals surface area contributed by atoms with Crippen LogP contribution in [0.4, 0.5) is 0 Å². The van der Waals surface area contributed by atoms with E-state index in [1.807, 2.05) is 12.1 Å². The Balaban J connectivity index is 1.44. The Labute approximate surface area is 196 Å². The molecule has 1 fully saturated rings. The van der Waals surface area contributed by atoms with E-state index in [4.69, 9.17) is 21.1 Å². The Morgan fingerprint density at radius 2 is 1.69 bits per heavy atom. The van der Waals surface area contributed by atoms with Crippen LogP contribution < -0.4 is 5.32 Å². The lowest BCUT2D eigenvalue weighted by Gasteiger charge is -2.39. The van der Waals surface area contributed by atoms with Crippen molar-refractivity contribution in [2.45, 2.75) is 12.5 Å². The molecule has 1 N–H and O–H groups in total. The average Bonchev–Trinajstić information content (AvgIpc) is 2.83. The fourth-order valence-electron chi connectivity index (χ4n) is 3.99. The largest absolute Gasteiger partial charge is 0.385 e. The van der Waals surface area contributed by atoms with E-state index in [-0.39, 0.29) is 18.6 Å². The smallest absolute Gasteiger partial charge is 0.245 e. The molecule has 1 atom stereocenters. The summed E-state index contributed by atoms with van der Waals surface area (Å²) in [6.07, 6.45) is 0.812. The summed E-state index contributed by atoms with van der Waals surface area (Å²) in [6, 6.07) is 19.0. The van der Waals surface area contributed by atoms with E-state index in [1.54, 1.807) is 7.11 Å². The molecule has 3 rings (SSSR count). The number of halogens is 1. The molecule has 174 valence electrons. The lowest BCUT2D eigenvalue weighted by atomic mass is 9.96. The van der Waals surface area contributed by atoms with Gasteiger partial charge in [-0.3, -0.25) is 14.6 Å². The molecule has 0 radical (unpaired) electrons. The predicted octanol–water partition coefficient (Wildman–Crippen LogP) is 3.22. The fraction of sp³-hybridized carbons (Fsp3) is 0.480. The number of ether oxygens (including phenoxy) is 2. The number of amides is 1. The van der Waals surface area contributed by atoms with Gasteiger partial charge in [-0.15, -0.1) is 0 Å². The molecule has 0 spiro atoms. The van der Waals surface area contributed by atoms with E-state index in [9.17, 15) is 4.79 Å². The van der Waals surface area contributed by atoms with Gasteiger partial charge in [-0.2, -0.15) is 0 Å². The number of hydrogen-bond acceptors (Lipinski definition) is 5. The SMILES string of the molecule is COCCCNC(=O)COCCN1CCN(C(c2ccccc2)c2ccc(Cl)cc2)CC1.